The molecular weight excluding hydrogens is 298 g/mol. The van der Waals surface area contributed by atoms with Crippen LogP contribution in [0.25, 0.3) is 0 Å². The summed E-state index contributed by atoms with van der Waals surface area (Å²) in [5.41, 5.74) is 1.60. The number of benzene rings is 1. The second kappa shape index (κ2) is 5.39. The molecule has 1 N–H and O–H groups in total. The van der Waals surface area contributed by atoms with E-state index in [-0.39, 0.29) is 24.0 Å². The molecule has 0 bridgehead atoms. The van der Waals surface area contributed by atoms with Crippen molar-refractivity contribution in [2.75, 3.05) is 17.2 Å². The maximum atomic E-state index is 12.5. The molecule has 1 aliphatic heterocycles. The average molecular weight is 321 g/mol. The van der Waals surface area contributed by atoms with Gasteiger partial charge in [-0.15, -0.1) is 6.58 Å². The molecule has 0 spiro atoms. The third kappa shape index (κ3) is 2.10. The zero-order valence-corrected chi connectivity index (χ0v) is 13.7. The van der Waals surface area contributed by atoms with Gasteiger partial charge in [0.05, 0.1) is 18.0 Å². The van der Waals surface area contributed by atoms with E-state index in [1.165, 1.54) is 6.26 Å². The van der Waals surface area contributed by atoms with Crippen molar-refractivity contribution >= 4 is 15.7 Å². The lowest BCUT2D eigenvalue weighted by molar-refractivity contribution is 0.125. The fraction of sp³-hybridized carbons (Fsp3) is 0.529. The first kappa shape index (κ1) is 15.6. The van der Waals surface area contributed by atoms with Gasteiger partial charge < -0.3 is 5.11 Å². The number of nitrogens with zero attached hydrogens (tertiary/aromatic N) is 1. The summed E-state index contributed by atoms with van der Waals surface area (Å²) >= 11 is 0. The lowest BCUT2D eigenvalue weighted by atomic mass is 9.62. The number of allylic oxidation sites excluding steroid dienone is 1. The number of sulfonamides is 1. The fourth-order valence-corrected chi connectivity index (χ4v) is 5.85. The highest BCUT2D eigenvalue weighted by atomic mass is 32.2. The van der Waals surface area contributed by atoms with Crippen LogP contribution in [0.1, 0.15) is 31.2 Å². The topological polar surface area (TPSA) is 57.6 Å². The Morgan fingerprint density at radius 3 is 2.82 bits per heavy atom. The van der Waals surface area contributed by atoms with E-state index < -0.39 is 10.0 Å². The summed E-state index contributed by atoms with van der Waals surface area (Å²) in [6.07, 6.45) is 6.67. The molecule has 1 saturated carbocycles. The monoisotopic (exact) mass is 321 g/mol. The zero-order valence-electron chi connectivity index (χ0n) is 12.9. The molecule has 0 amide bonds. The minimum atomic E-state index is -3.40. The van der Waals surface area contributed by atoms with Gasteiger partial charge in [-0.1, -0.05) is 30.7 Å². The molecule has 5 heteroatoms. The van der Waals surface area contributed by atoms with Crippen LogP contribution in [0.5, 0.6) is 0 Å². The van der Waals surface area contributed by atoms with E-state index in [2.05, 4.69) is 6.58 Å². The molecule has 4 nitrogen and oxygen atoms in total. The first-order chi connectivity index (χ1) is 10.5. The van der Waals surface area contributed by atoms with Crippen molar-refractivity contribution in [2.24, 2.45) is 5.92 Å². The molecule has 3 atom stereocenters. The van der Waals surface area contributed by atoms with E-state index in [1.54, 1.807) is 4.31 Å². The Hall–Kier alpha value is -1.33. The van der Waals surface area contributed by atoms with Gasteiger partial charge in [0, 0.05) is 17.9 Å². The lowest BCUT2D eigenvalue weighted by Crippen LogP contribution is -2.54. The maximum Gasteiger partial charge on any atom is 0.232 e. The van der Waals surface area contributed by atoms with Gasteiger partial charge in [0.1, 0.15) is 0 Å². The number of anilines is 1. The summed E-state index contributed by atoms with van der Waals surface area (Å²) < 4.78 is 26.5. The van der Waals surface area contributed by atoms with Crippen LogP contribution in [-0.2, 0) is 15.4 Å². The molecular formula is C17H23NO3S. The number of hydrogen-bond acceptors (Lipinski definition) is 3. The van der Waals surface area contributed by atoms with Gasteiger partial charge >= 0.3 is 0 Å². The number of para-hydroxylation sites is 1. The molecule has 0 radical (unpaired) electrons. The second-order valence-corrected chi connectivity index (χ2v) is 8.36. The van der Waals surface area contributed by atoms with Crippen molar-refractivity contribution < 1.29 is 13.5 Å². The van der Waals surface area contributed by atoms with Gasteiger partial charge in [0.15, 0.2) is 0 Å². The van der Waals surface area contributed by atoms with Crippen LogP contribution in [0.15, 0.2) is 36.9 Å². The number of aliphatic hydroxyl groups is 1. The molecule has 3 rings (SSSR count). The van der Waals surface area contributed by atoms with E-state index in [0.717, 1.165) is 36.9 Å². The van der Waals surface area contributed by atoms with Gasteiger partial charge in [-0.25, -0.2) is 8.42 Å². The highest BCUT2D eigenvalue weighted by Crippen LogP contribution is 2.56. The zero-order chi connectivity index (χ0) is 16.0. The molecule has 1 unspecified atom stereocenters. The van der Waals surface area contributed by atoms with Crippen LogP contribution >= 0.6 is 0 Å². The Bertz CT molecular complexity index is 685. The molecule has 0 saturated heterocycles. The molecule has 1 heterocycles. The van der Waals surface area contributed by atoms with Crippen LogP contribution in [0.4, 0.5) is 5.69 Å². The number of fused-ring (bicyclic) bond motifs is 3. The third-order valence-corrected chi connectivity index (χ3v) is 6.38. The van der Waals surface area contributed by atoms with Gasteiger partial charge in [0.25, 0.3) is 0 Å². The standard InChI is InChI=1S/C17H23NO3S/c1-3-10-17-11-6-7-13(12-19)16(17)18(22(2,20)21)15-9-5-4-8-14(15)17/h3-5,8-9,13,16,19H,1,6-7,10-12H2,2H3/t13?,16-,17-/m0/s1. The Morgan fingerprint density at radius 1 is 1.45 bits per heavy atom. The van der Waals surface area contributed by atoms with E-state index >= 15 is 0 Å². The van der Waals surface area contributed by atoms with Crippen molar-refractivity contribution in [1.29, 1.82) is 0 Å². The molecule has 1 aromatic rings. The summed E-state index contributed by atoms with van der Waals surface area (Å²) in [6.45, 7) is 3.91. The molecule has 0 aromatic heterocycles. The largest absolute Gasteiger partial charge is 0.396 e. The Balaban J connectivity index is 2.27. The second-order valence-electron chi connectivity index (χ2n) is 6.50. The number of rotatable bonds is 4. The van der Waals surface area contributed by atoms with Gasteiger partial charge in [-0.2, -0.15) is 0 Å². The van der Waals surface area contributed by atoms with Crippen molar-refractivity contribution in [3.05, 3.63) is 42.5 Å². The molecule has 22 heavy (non-hydrogen) atoms. The average Bonchev–Trinajstić information content (AvgIpc) is 2.78. The molecule has 2 aliphatic rings. The normalized spacial score (nSPS) is 30.7. The highest BCUT2D eigenvalue weighted by molar-refractivity contribution is 7.92. The van der Waals surface area contributed by atoms with E-state index in [4.69, 9.17) is 0 Å². The lowest BCUT2D eigenvalue weighted by Gasteiger charge is -2.46. The summed E-state index contributed by atoms with van der Waals surface area (Å²) in [7, 11) is -3.40. The first-order valence-corrected chi connectivity index (χ1v) is 9.61. The quantitative estimate of drug-likeness (QED) is 0.867. The van der Waals surface area contributed by atoms with Crippen molar-refractivity contribution in [3.8, 4) is 0 Å². The number of hydrogen-bond donors (Lipinski definition) is 1. The first-order valence-electron chi connectivity index (χ1n) is 7.76. The van der Waals surface area contributed by atoms with Crippen molar-refractivity contribution in [2.45, 2.75) is 37.1 Å². The van der Waals surface area contributed by atoms with Crippen LogP contribution < -0.4 is 4.31 Å². The minimum absolute atomic E-state index is 0.0174. The van der Waals surface area contributed by atoms with Crippen LogP contribution in [-0.4, -0.2) is 32.4 Å². The van der Waals surface area contributed by atoms with Crippen LogP contribution in [0, 0.1) is 5.92 Å². The minimum Gasteiger partial charge on any atom is -0.396 e. The summed E-state index contributed by atoms with van der Waals surface area (Å²) in [5, 5.41) is 9.84. The smallest absolute Gasteiger partial charge is 0.232 e. The number of aliphatic hydroxyl groups excluding tert-OH is 1. The van der Waals surface area contributed by atoms with Crippen molar-refractivity contribution in [3.63, 3.8) is 0 Å². The maximum absolute atomic E-state index is 12.5. The third-order valence-electron chi connectivity index (χ3n) is 5.24. The van der Waals surface area contributed by atoms with Gasteiger partial charge in [-0.05, 0) is 30.9 Å². The molecule has 120 valence electrons. The summed E-state index contributed by atoms with van der Waals surface area (Å²) in [6, 6.07) is 7.56. The summed E-state index contributed by atoms with van der Waals surface area (Å²) in [4.78, 5) is 0. The highest BCUT2D eigenvalue weighted by Gasteiger charge is 2.56. The Morgan fingerprint density at radius 2 is 2.18 bits per heavy atom. The Labute approximate surface area is 132 Å². The van der Waals surface area contributed by atoms with Crippen LogP contribution in [0.3, 0.4) is 0 Å². The van der Waals surface area contributed by atoms with Crippen molar-refractivity contribution in [1.82, 2.24) is 0 Å². The van der Waals surface area contributed by atoms with Crippen LogP contribution in [0.2, 0.25) is 0 Å². The predicted molar refractivity (Wildman–Crippen MR) is 88.5 cm³/mol. The SMILES string of the molecule is C=CC[C@@]12CCCC(CO)[C@@H]1N(S(C)(=O)=O)c1ccccc12. The van der Waals surface area contributed by atoms with E-state index in [9.17, 15) is 13.5 Å². The summed E-state index contributed by atoms with van der Waals surface area (Å²) in [5.74, 6) is -0.0316. The fourth-order valence-electron chi connectivity index (χ4n) is 4.55. The van der Waals surface area contributed by atoms with Gasteiger partial charge in [0.2, 0.25) is 10.0 Å². The molecule has 1 aromatic carbocycles. The van der Waals surface area contributed by atoms with E-state index in [1.807, 2.05) is 30.3 Å². The predicted octanol–water partition coefficient (Wildman–Crippen LogP) is 2.44. The Kier molecular flexibility index (Phi) is 3.81. The molecule has 1 aliphatic carbocycles. The molecule has 1 fully saturated rings. The van der Waals surface area contributed by atoms with Gasteiger partial charge in [-0.3, -0.25) is 4.31 Å². The van der Waals surface area contributed by atoms with E-state index in [0.29, 0.717) is 0 Å².